The van der Waals surface area contributed by atoms with Crippen LogP contribution in [0, 0.1) is 5.82 Å². The fourth-order valence-corrected chi connectivity index (χ4v) is 4.36. The highest BCUT2D eigenvalue weighted by Crippen LogP contribution is 2.38. The van der Waals surface area contributed by atoms with Gasteiger partial charge in [0.15, 0.2) is 16.6 Å². The van der Waals surface area contributed by atoms with Gasteiger partial charge in [0.25, 0.3) is 0 Å². The van der Waals surface area contributed by atoms with Gasteiger partial charge in [-0.3, -0.25) is 0 Å². The van der Waals surface area contributed by atoms with Crippen LogP contribution in [0.25, 0.3) is 0 Å². The Labute approximate surface area is 204 Å². The monoisotopic (exact) mass is 482 g/mol. The molecular weight excluding hydrogens is 455 g/mol. The van der Waals surface area contributed by atoms with Gasteiger partial charge in [-0.25, -0.2) is 4.39 Å². The van der Waals surface area contributed by atoms with E-state index >= 15 is 0 Å². The molecule has 0 aliphatic carbocycles. The van der Waals surface area contributed by atoms with Gasteiger partial charge >= 0.3 is 0 Å². The molecule has 0 fully saturated rings. The number of methoxy groups -OCH3 is 3. The number of rotatable bonds is 7. The number of nitrogens with one attached hydrogen (secondary N) is 1. The molecule has 0 saturated carbocycles. The fourth-order valence-electron chi connectivity index (χ4n) is 4.03. The molecule has 1 aliphatic heterocycles. The summed E-state index contributed by atoms with van der Waals surface area (Å²) >= 11 is 5.76. The number of hydrogen-bond acceptors (Lipinski definition) is 5. The molecule has 4 rings (SSSR count). The van der Waals surface area contributed by atoms with Crippen LogP contribution >= 0.6 is 12.2 Å². The maximum Gasteiger partial charge on any atom is 0.174 e. The van der Waals surface area contributed by atoms with Gasteiger partial charge in [0.05, 0.1) is 27.4 Å². The molecule has 3 aromatic rings. The average molecular weight is 483 g/mol. The number of anilines is 1. The van der Waals surface area contributed by atoms with Gasteiger partial charge in [-0.2, -0.15) is 0 Å². The number of thiocarbonyl (C=S) groups is 1. The lowest BCUT2D eigenvalue weighted by molar-refractivity contribution is 0.190. The smallest absolute Gasteiger partial charge is 0.174 e. The maximum absolute atomic E-state index is 13.3. The lowest BCUT2D eigenvalue weighted by Crippen LogP contribution is -2.44. The maximum atomic E-state index is 13.3. The molecular formula is C26H27FN2O4S. The summed E-state index contributed by atoms with van der Waals surface area (Å²) in [5.74, 6) is 2.53. The van der Waals surface area contributed by atoms with Gasteiger partial charge in [-0.05, 0) is 90.4 Å². The van der Waals surface area contributed by atoms with Crippen molar-refractivity contribution in [2.24, 2.45) is 0 Å². The predicted octanol–water partition coefficient (Wildman–Crippen LogP) is 5.23. The molecule has 0 amide bonds. The highest BCUT2D eigenvalue weighted by Gasteiger charge is 2.31. The van der Waals surface area contributed by atoms with Gasteiger partial charge in [0, 0.05) is 12.2 Å². The third kappa shape index (κ3) is 5.17. The summed E-state index contributed by atoms with van der Waals surface area (Å²) in [6, 6.07) is 17.4. The minimum Gasteiger partial charge on any atom is -0.497 e. The lowest BCUT2D eigenvalue weighted by Gasteiger charge is -2.39. The molecule has 0 bridgehead atoms. The zero-order chi connectivity index (χ0) is 24.1. The van der Waals surface area contributed by atoms with Crippen molar-refractivity contribution in [1.82, 2.24) is 4.90 Å². The van der Waals surface area contributed by atoms with Crippen LogP contribution in [0.5, 0.6) is 23.0 Å². The number of halogens is 1. The molecule has 0 radical (unpaired) electrons. The van der Waals surface area contributed by atoms with Crippen LogP contribution in [0.1, 0.15) is 17.2 Å². The first-order valence-corrected chi connectivity index (χ1v) is 11.3. The molecule has 1 aliphatic rings. The molecule has 0 unspecified atom stereocenters. The van der Waals surface area contributed by atoms with Gasteiger partial charge in [-0.1, -0.05) is 0 Å². The highest BCUT2D eigenvalue weighted by molar-refractivity contribution is 7.80. The molecule has 3 aromatic carbocycles. The second-order valence-corrected chi connectivity index (χ2v) is 8.18. The van der Waals surface area contributed by atoms with Crippen LogP contribution in [-0.2, 0) is 6.42 Å². The second-order valence-electron chi connectivity index (χ2n) is 7.79. The third-order valence-electron chi connectivity index (χ3n) is 5.83. The van der Waals surface area contributed by atoms with E-state index in [0.717, 1.165) is 34.7 Å². The summed E-state index contributed by atoms with van der Waals surface area (Å²) in [5.41, 5.74) is 2.93. The number of fused-ring (bicyclic) bond motifs is 1. The van der Waals surface area contributed by atoms with Crippen LogP contribution in [0.4, 0.5) is 10.1 Å². The molecule has 6 nitrogen and oxygen atoms in total. The van der Waals surface area contributed by atoms with Crippen molar-refractivity contribution >= 4 is 23.0 Å². The summed E-state index contributed by atoms with van der Waals surface area (Å²) in [6.45, 7) is 1.05. The van der Waals surface area contributed by atoms with Gasteiger partial charge in [-0.15, -0.1) is 0 Å². The molecule has 178 valence electrons. The third-order valence-corrected chi connectivity index (χ3v) is 6.16. The Balaban J connectivity index is 1.62. The summed E-state index contributed by atoms with van der Waals surface area (Å²) in [5, 5.41) is 3.76. The SMILES string of the molecule is COc1ccc(OC[C@H]2c3cc(OC)c(OC)cc3CCN2C(=S)Nc2ccc(F)cc2)cc1. The van der Waals surface area contributed by atoms with Crippen molar-refractivity contribution in [3.8, 4) is 23.0 Å². The van der Waals surface area contributed by atoms with Crippen molar-refractivity contribution in [1.29, 1.82) is 0 Å². The molecule has 0 saturated heterocycles. The Morgan fingerprint density at radius 1 is 0.941 bits per heavy atom. The zero-order valence-corrected chi connectivity index (χ0v) is 20.2. The van der Waals surface area contributed by atoms with Crippen LogP contribution in [0.2, 0.25) is 0 Å². The molecule has 1 N–H and O–H groups in total. The van der Waals surface area contributed by atoms with E-state index in [9.17, 15) is 4.39 Å². The van der Waals surface area contributed by atoms with Crippen LogP contribution < -0.4 is 24.3 Å². The predicted molar refractivity (Wildman–Crippen MR) is 134 cm³/mol. The van der Waals surface area contributed by atoms with Crippen molar-refractivity contribution in [3.63, 3.8) is 0 Å². The zero-order valence-electron chi connectivity index (χ0n) is 19.3. The van der Waals surface area contributed by atoms with E-state index in [2.05, 4.69) is 10.2 Å². The minimum absolute atomic E-state index is 0.175. The molecule has 8 heteroatoms. The van der Waals surface area contributed by atoms with Crippen molar-refractivity contribution in [2.45, 2.75) is 12.5 Å². The molecule has 1 heterocycles. The minimum atomic E-state index is -0.296. The van der Waals surface area contributed by atoms with Crippen LogP contribution in [0.3, 0.4) is 0 Å². The fraction of sp³-hybridized carbons (Fsp3) is 0.269. The largest absolute Gasteiger partial charge is 0.497 e. The molecule has 0 spiro atoms. The van der Waals surface area contributed by atoms with E-state index in [1.807, 2.05) is 36.4 Å². The second kappa shape index (κ2) is 10.6. The Bertz CT molecular complexity index is 1140. The van der Waals surface area contributed by atoms with E-state index in [0.29, 0.717) is 29.8 Å². The Hall–Kier alpha value is -3.52. The Morgan fingerprint density at radius 3 is 2.24 bits per heavy atom. The lowest BCUT2D eigenvalue weighted by atomic mass is 9.92. The van der Waals surface area contributed by atoms with E-state index in [-0.39, 0.29) is 11.9 Å². The van der Waals surface area contributed by atoms with E-state index in [4.69, 9.17) is 31.2 Å². The number of ether oxygens (including phenoxy) is 4. The van der Waals surface area contributed by atoms with E-state index < -0.39 is 0 Å². The topological polar surface area (TPSA) is 52.2 Å². The van der Waals surface area contributed by atoms with Crippen molar-refractivity contribution in [3.05, 3.63) is 77.6 Å². The summed E-state index contributed by atoms with van der Waals surface area (Å²) in [6.07, 6.45) is 0.778. The van der Waals surface area contributed by atoms with Gasteiger partial charge in [0.2, 0.25) is 0 Å². The first kappa shape index (κ1) is 23.6. The molecule has 0 aromatic heterocycles. The normalized spacial score (nSPS) is 14.7. The summed E-state index contributed by atoms with van der Waals surface area (Å²) < 4.78 is 35.8. The van der Waals surface area contributed by atoms with Crippen molar-refractivity contribution in [2.75, 3.05) is 39.8 Å². The Morgan fingerprint density at radius 2 is 1.59 bits per heavy atom. The average Bonchev–Trinajstić information content (AvgIpc) is 2.87. The number of nitrogens with zero attached hydrogens (tertiary/aromatic N) is 1. The van der Waals surface area contributed by atoms with E-state index in [1.165, 1.54) is 12.1 Å². The van der Waals surface area contributed by atoms with E-state index in [1.54, 1.807) is 33.5 Å². The molecule has 34 heavy (non-hydrogen) atoms. The number of hydrogen-bond donors (Lipinski definition) is 1. The van der Waals surface area contributed by atoms with Crippen molar-refractivity contribution < 1.29 is 23.3 Å². The van der Waals surface area contributed by atoms with Crippen LogP contribution in [0.15, 0.2) is 60.7 Å². The summed E-state index contributed by atoms with van der Waals surface area (Å²) in [4.78, 5) is 2.09. The van der Waals surface area contributed by atoms with Gasteiger partial charge in [0.1, 0.15) is 23.9 Å². The summed E-state index contributed by atoms with van der Waals surface area (Å²) in [7, 11) is 4.88. The first-order chi connectivity index (χ1) is 16.5. The quantitative estimate of drug-likeness (QED) is 0.463. The Kier molecular flexibility index (Phi) is 7.37. The first-order valence-electron chi connectivity index (χ1n) is 10.9. The standard InChI is InChI=1S/C26H27FN2O4S/c1-30-20-8-10-21(11-9-20)33-16-23-22-15-25(32-3)24(31-2)14-17(22)12-13-29(23)26(34)28-19-6-4-18(27)5-7-19/h4-11,14-15,23H,12-13,16H2,1-3H3,(H,28,34)/t23-/m0/s1. The van der Waals surface area contributed by atoms with Crippen LogP contribution in [-0.4, -0.2) is 44.5 Å². The highest BCUT2D eigenvalue weighted by atomic mass is 32.1. The van der Waals surface area contributed by atoms with Gasteiger partial charge < -0.3 is 29.2 Å². The molecule has 1 atom stereocenters. The number of benzene rings is 3.